The summed E-state index contributed by atoms with van der Waals surface area (Å²) in [6.07, 6.45) is 4.37. The Morgan fingerprint density at radius 3 is 3.00 bits per heavy atom. The van der Waals surface area contributed by atoms with Crippen LogP contribution in [0.25, 0.3) is 0 Å². The van der Waals surface area contributed by atoms with E-state index in [1.54, 1.807) is 12.7 Å². The second-order valence-electron chi connectivity index (χ2n) is 2.23. The summed E-state index contributed by atoms with van der Waals surface area (Å²) in [5, 5.41) is 3.97. The average Bonchev–Trinajstić information content (AvgIpc) is 2.34. The summed E-state index contributed by atoms with van der Waals surface area (Å²) < 4.78 is 1.83. The molecule has 0 N–H and O–H groups in total. The molecule has 0 bridgehead atoms. The van der Waals surface area contributed by atoms with Gasteiger partial charge in [0.2, 0.25) is 0 Å². The van der Waals surface area contributed by atoms with Gasteiger partial charge in [0.25, 0.3) is 0 Å². The molecule has 1 rings (SSSR count). The topological polar surface area (TPSA) is 30.7 Å². The first-order valence-corrected chi connectivity index (χ1v) is 4.17. The van der Waals surface area contributed by atoms with Crippen molar-refractivity contribution in [1.29, 1.82) is 0 Å². The fourth-order valence-corrected chi connectivity index (χ4v) is 0.863. The van der Waals surface area contributed by atoms with Crippen molar-refractivity contribution < 1.29 is 0 Å². The van der Waals surface area contributed by atoms with Gasteiger partial charge in [-0.1, -0.05) is 22.9 Å². The lowest BCUT2D eigenvalue weighted by molar-refractivity contribution is 0.579. The maximum Gasteiger partial charge on any atom is 0.137 e. The molecule has 1 aromatic rings. The minimum atomic E-state index is 0.553. The highest BCUT2D eigenvalue weighted by Crippen LogP contribution is 2.03. The SMILES string of the molecule is CC(Br)CCn1cncn1. The first kappa shape index (κ1) is 7.72. The number of hydrogen-bond donors (Lipinski definition) is 0. The molecule has 0 saturated heterocycles. The standard InChI is InChI=1S/C6H10BrN3/c1-6(7)2-3-10-5-8-4-9-10/h4-6H,2-3H2,1H3. The summed E-state index contributed by atoms with van der Waals surface area (Å²) in [5.41, 5.74) is 0. The summed E-state index contributed by atoms with van der Waals surface area (Å²) >= 11 is 3.46. The van der Waals surface area contributed by atoms with Crippen LogP contribution in [0.3, 0.4) is 0 Å². The Bertz CT molecular complexity index is 171. The molecule has 1 unspecified atom stereocenters. The monoisotopic (exact) mass is 203 g/mol. The van der Waals surface area contributed by atoms with Crippen molar-refractivity contribution in [1.82, 2.24) is 14.8 Å². The molecular weight excluding hydrogens is 194 g/mol. The molecule has 0 spiro atoms. The lowest BCUT2D eigenvalue weighted by Gasteiger charge is -2.00. The van der Waals surface area contributed by atoms with E-state index in [2.05, 4.69) is 32.9 Å². The minimum Gasteiger partial charge on any atom is -0.253 e. The number of halogens is 1. The van der Waals surface area contributed by atoms with Crippen LogP contribution < -0.4 is 0 Å². The zero-order chi connectivity index (χ0) is 7.40. The summed E-state index contributed by atoms with van der Waals surface area (Å²) in [7, 11) is 0. The van der Waals surface area contributed by atoms with Crippen LogP contribution in [0.15, 0.2) is 12.7 Å². The predicted octanol–water partition coefficient (Wildman–Crippen LogP) is 1.45. The molecule has 56 valence electrons. The van der Waals surface area contributed by atoms with E-state index in [1.165, 1.54) is 0 Å². The maximum absolute atomic E-state index is 3.97. The molecule has 3 nitrogen and oxygen atoms in total. The van der Waals surface area contributed by atoms with Gasteiger partial charge in [-0.05, 0) is 6.42 Å². The fraction of sp³-hybridized carbons (Fsp3) is 0.667. The summed E-state index contributed by atoms with van der Waals surface area (Å²) in [5.74, 6) is 0. The third-order valence-corrected chi connectivity index (χ3v) is 1.68. The van der Waals surface area contributed by atoms with Crippen molar-refractivity contribution >= 4 is 15.9 Å². The van der Waals surface area contributed by atoms with Crippen molar-refractivity contribution in [2.24, 2.45) is 0 Å². The normalized spacial score (nSPS) is 13.4. The number of aromatic nitrogens is 3. The van der Waals surface area contributed by atoms with E-state index >= 15 is 0 Å². The van der Waals surface area contributed by atoms with Crippen LogP contribution in [-0.2, 0) is 6.54 Å². The van der Waals surface area contributed by atoms with Gasteiger partial charge in [0.05, 0.1) is 0 Å². The molecule has 0 aliphatic heterocycles. The highest BCUT2D eigenvalue weighted by Gasteiger charge is 1.95. The quantitative estimate of drug-likeness (QED) is 0.697. The molecule has 1 aromatic heterocycles. The van der Waals surface area contributed by atoms with Gasteiger partial charge in [0.15, 0.2) is 0 Å². The van der Waals surface area contributed by atoms with Crippen LogP contribution in [0.1, 0.15) is 13.3 Å². The van der Waals surface area contributed by atoms with Crippen molar-refractivity contribution in [2.45, 2.75) is 24.7 Å². The summed E-state index contributed by atoms with van der Waals surface area (Å²) in [4.78, 5) is 4.39. The molecule has 0 aromatic carbocycles. The van der Waals surface area contributed by atoms with Crippen LogP contribution in [-0.4, -0.2) is 19.6 Å². The zero-order valence-corrected chi connectivity index (χ0v) is 7.45. The number of alkyl halides is 1. The molecular formula is C6H10BrN3. The number of rotatable bonds is 3. The smallest absolute Gasteiger partial charge is 0.137 e. The first-order chi connectivity index (χ1) is 4.79. The van der Waals surface area contributed by atoms with Crippen molar-refractivity contribution in [2.75, 3.05) is 0 Å². The van der Waals surface area contributed by atoms with Crippen LogP contribution in [0.4, 0.5) is 0 Å². The molecule has 0 radical (unpaired) electrons. The maximum atomic E-state index is 3.97. The van der Waals surface area contributed by atoms with Crippen molar-refractivity contribution in [3.63, 3.8) is 0 Å². The van der Waals surface area contributed by atoms with E-state index < -0.39 is 0 Å². The van der Waals surface area contributed by atoms with Gasteiger partial charge in [-0.2, -0.15) is 5.10 Å². The average molecular weight is 204 g/mol. The summed E-state index contributed by atoms with van der Waals surface area (Å²) in [6, 6.07) is 0. The van der Waals surface area contributed by atoms with Gasteiger partial charge >= 0.3 is 0 Å². The Morgan fingerprint density at radius 1 is 1.70 bits per heavy atom. The Kier molecular flexibility index (Phi) is 2.86. The lowest BCUT2D eigenvalue weighted by atomic mass is 10.3. The lowest BCUT2D eigenvalue weighted by Crippen LogP contribution is -2.02. The van der Waals surface area contributed by atoms with Crippen molar-refractivity contribution in [3.05, 3.63) is 12.7 Å². The third-order valence-electron chi connectivity index (χ3n) is 1.22. The molecule has 0 fully saturated rings. The molecule has 0 saturated carbocycles. The molecule has 0 aliphatic rings. The number of nitrogens with zero attached hydrogens (tertiary/aromatic N) is 3. The van der Waals surface area contributed by atoms with Crippen LogP contribution in [0.2, 0.25) is 0 Å². The van der Waals surface area contributed by atoms with E-state index in [-0.39, 0.29) is 0 Å². The molecule has 1 heterocycles. The first-order valence-electron chi connectivity index (χ1n) is 3.25. The Balaban J connectivity index is 2.28. The fourth-order valence-electron chi connectivity index (χ4n) is 0.658. The van der Waals surface area contributed by atoms with Gasteiger partial charge < -0.3 is 0 Å². The molecule has 1 atom stereocenters. The molecule has 4 heteroatoms. The number of aryl methyl sites for hydroxylation is 1. The van der Waals surface area contributed by atoms with E-state index in [1.807, 2.05) is 4.68 Å². The largest absolute Gasteiger partial charge is 0.253 e. The summed E-state index contributed by atoms with van der Waals surface area (Å²) in [6.45, 7) is 3.06. The van der Waals surface area contributed by atoms with E-state index in [9.17, 15) is 0 Å². The van der Waals surface area contributed by atoms with Gasteiger partial charge in [-0.15, -0.1) is 0 Å². The third kappa shape index (κ3) is 2.47. The van der Waals surface area contributed by atoms with Crippen LogP contribution in [0, 0.1) is 0 Å². The van der Waals surface area contributed by atoms with Crippen LogP contribution >= 0.6 is 15.9 Å². The number of hydrogen-bond acceptors (Lipinski definition) is 2. The Labute approximate surface area is 68.6 Å². The Morgan fingerprint density at radius 2 is 2.50 bits per heavy atom. The second kappa shape index (κ2) is 3.71. The highest BCUT2D eigenvalue weighted by molar-refractivity contribution is 9.09. The zero-order valence-electron chi connectivity index (χ0n) is 5.87. The van der Waals surface area contributed by atoms with E-state index in [0.29, 0.717) is 4.83 Å². The van der Waals surface area contributed by atoms with Gasteiger partial charge in [0.1, 0.15) is 12.7 Å². The predicted molar refractivity (Wildman–Crippen MR) is 43.0 cm³/mol. The second-order valence-corrected chi connectivity index (χ2v) is 3.79. The Hall–Kier alpha value is -0.380. The van der Waals surface area contributed by atoms with Crippen LogP contribution in [0.5, 0.6) is 0 Å². The molecule has 0 amide bonds. The van der Waals surface area contributed by atoms with Gasteiger partial charge in [0, 0.05) is 11.4 Å². The minimum absolute atomic E-state index is 0.553. The molecule has 0 aliphatic carbocycles. The van der Waals surface area contributed by atoms with E-state index in [0.717, 1.165) is 13.0 Å². The van der Waals surface area contributed by atoms with Gasteiger partial charge in [-0.3, -0.25) is 4.68 Å². The molecule has 10 heavy (non-hydrogen) atoms. The van der Waals surface area contributed by atoms with Gasteiger partial charge in [-0.25, -0.2) is 4.98 Å². The van der Waals surface area contributed by atoms with Crippen molar-refractivity contribution in [3.8, 4) is 0 Å². The van der Waals surface area contributed by atoms with E-state index in [4.69, 9.17) is 0 Å². The highest BCUT2D eigenvalue weighted by atomic mass is 79.9.